The van der Waals surface area contributed by atoms with Crippen LogP contribution in [0.5, 0.6) is 0 Å². The molecule has 0 aromatic carbocycles. The molecule has 96 valence electrons. The standard InChI is InChI=1S/C14H24N2S/c1-13-6-2-3-9-16(13)10-5-8-15-12-14-7-4-11-17-14/h4,7,11,13,15H,2-3,5-6,8-10,12H2,1H3. The van der Waals surface area contributed by atoms with E-state index in [2.05, 4.69) is 34.7 Å². The number of likely N-dealkylation sites (tertiary alicyclic amines) is 1. The van der Waals surface area contributed by atoms with Crippen LogP contribution in [0.4, 0.5) is 0 Å². The minimum atomic E-state index is 0.807. The lowest BCUT2D eigenvalue weighted by molar-refractivity contribution is 0.159. The molecule has 17 heavy (non-hydrogen) atoms. The highest BCUT2D eigenvalue weighted by atomic mass is 32.1. The molecule has 0 spiro atoms. The predicted octanol–water partition coefficient (Wildman–Crippen LogP) is 3.10. The van der Waals surface area contributed by atoms with Gasteiger partial charge in [-0.1, -0.05) is 12.5 Å². The number of hydrogen-bond donors (Lipinski definition) is 1. The van der Waals surface area contributed by atoms with Gasteiger partial charge in [-0.2, -0.15) is 0 Å². The zero-order chi connectivity index (χ0) is 11.9. The fraction of sp³-hybridized carbons (Fsp3) is 0.714. The van der Waals surface area contributed by atoms with Crippen molar-refractivity contribution in [1.82, 2.24) is 10.2 Å². The molecule has 1 atom stereocenters. The third kappa shape index (κ3) is 4.41. The Labute approximate surface area is 109 Å². The first-order chi connectivity index (χ1) is 8.36. The van der Waals surface area contributed by atoms with Gasteiger partial charge < -0.3 is 10.2 Å². The highest BCUT2D eigenvalue weighted by Gasteiger charge is 2.16. The van der Waals surface area contributed by atoms with Crippen LogP contribution in [-0.4, -0.2) is 30.6 Å². The number of piperidine rings is 1. The third-order valence-corrected chi connectivity index (χ3v) is 4.50. The van der Waals surface area contributed by atoms with E-state index >= 15 is 0 Å². The Morgan fingerprint density at radius 3 is 3.18 bits per heavy atom. The number of hydrogen-bond acceptors (Lipinski definition) is 3. The summed E-state index contributed by atoms with van der Waals surface area (Å²) < 4.78 is 0. The first-order valence-electron chi connectivity index (χ1n) is 6.83. The molecule has 1 aliphatic rings. The Bertz CT molecular complexity index is 297. The highest BCUT2D eigenvalue weighted by Crippen LogP contribution is 2.16. The van der Waals surface area contributed by atoms with Crippen LogP contribution in [0.2, 0.25) is 0 Å². The van der Waals surface area contributed by atoms with Crippen LogP contribution in [0.3, 0.4) is 0 Å². The molecule has 0 saturated carbocycles. The van der Waals surface area contributed by atoms with Crippen molar-refractivity contribution in [2.75, 3.05) is 19.6 Å². The molecule has 1 aliphatic heterocycles. The molecule has 1 N–H and O–H groups in total. The van der Waals surface area contributed by atoms with Crippen molar-refractivity contribution in [3.63, 3.8) is 0 Å². The maximum absolute atomic E-state index is 3.53. The molecule has 0 amide bonds. The zero-order valence-corrected chi connectivity index (χ0v) is 11.6. The molecule has 3 heteroatoms. The van der Waals surface area contributed by atoms with Gasteiger partial charge >= 0.3 is 0 Å². The molecule has 2 rings (SSSR count). The largest absolute Gasteiger partial charge is 0.312 e. The van der Waals surface area contributed by atoms with Gasteiger partial charge in [0.2, 0.25) is 0 Å². The molecule has 1 aromatic rings. The van der Waals surface area contributed by atoms with E-state index in [0.717, 1.165) is 19.1 Å². The third-order valence-electron chi connectivity index (χ3n) is 3.62. The van der Waals surface area contributed by atoms with Gasteiger partial charge in [0.1, 0.15) is 0 Å². The van der Waals surface area contributed by atoms with E-state index in [1.54, 1.807) is 0 Å². The fourth-order valence-electron chi connectivity index (χ4n) is 2.52. The van der Waals surface area contributed by atoms with E-state index in [1.807, 2.05) is 11.3 Å². The molecule has 2 nitrogen and oxygen atoms in total. The normalized spacial score (nSPS) is 21.8. The van der Waals surface area contributed by atoms with E-state index in [1.165, 1.54) is 43.6 Å². The van der Waals surface area contributed by atoms with Crippen molar-refractivity contribution < 1.29 is 0 Å². The van der Waals surface area contributed by atoms with Crippen LogP contribution in [-0.2, 0) is 6.54 Å². The van der Waals surface area contributed by atoms with Crippen LogP contribution in [0.1, 0.15) is 37.5 Å². The summed E-state index contributed by atoms with van der Waals surface area (Å²) >= 11 is 1.84. The van der Waals surface area contributed by atoms with Crippen molar-refractivity contribution >= 4 is 11.3 Å². The van der Waals surface area contributed by atoms with E-state index in [4.69, 9.17) is 0 Å². The fourth-order valence-corrected chi connectivity index (χ4v) is 3.20. The van der Waals surface area contributed by atoms with Crippen molar-refractivity contribution in [3.05, 3.63) is 22.4 Å². The monoisotopic (exact) mass is 252 g/mol. The quantitative estimate of drug-likeness (QED) is 0.783. The number of nitrogens with zero attached hydrogens (tertiary/aromatic N) is 1. The molecule has 1 unspecified atom stereocenters. The SMILES string of the molecule is CC1CCCCN1CCCNCc1cccs1. The van der Waals surface area contributed by atoms with E-state index in [9.17, 15) is 0 Å². The average Bonchev–Trinajstić information content (AvgIpc) is 2.84. The van der Waals surface area contributed by atoms with Crippen molar-refractivity contribution in [2.24, 2.45) is 0 Å². The van der Waals surface area contributed by atoms with E-state index in [-0.39, 0.29) is 0 Å². The molecular formula is C14H24N2S. The minimum absolute atomic E-state index is 0.807. The van der Waals surface area contributed by atoms with Crippen LogP contribution in [0, 0.1) is 0 Å². The van der Waals surface area contributed by atoms with Gasteiger partial charge in [0.15, 0.2) is 0 Å². The number of nitrogens with one attached hydrogen (secondary N) is 1. The summed E-state index contributed by atoms with van der Waals surface area (Å²) in [6, 6.07) is 5.13. The van der Waals surface area contributed by atoms with Crippen LogP contribution in [0.25, 0.3) is 0 Å². The minimum Gasteiger partial charge on any atom is -0.312 e. The summed E-state index contributed by atoms with van der Waals surface area (Å²) in [7, 11) is 0. The Morgan fingerprint density at radius 2 is 2.41 bits per heavy atom. The molecule has 1 aromatic heterocycles. The maximum atomic E-state index is 3.53. The number of rotatable bonds is 6. The van der Waals surface area contributed by atoms with Gasteiger partial charge in [-0.05, 0) is 57.3 Å². The smallest absolute Gasteiger partial charge is 0.0299 e. The van der Waals surface area contributed by atoms with Crippen molar-refractivity contribution in [2.45, 2.75) is 45.2 Å². The van der Waals surface area contributed by atoms with Gasteiger partial charge in [-0.3, -0.25) is 0 Å². The van der Waals surface area contributed by atoms with Gasteiger partial charge in [-0.25, -0.2) is 0 Å². The summed E-state index contributed by atoms with van der Waals surface area (Å²) in [6.07, 6.45) is 5.49. The Balaban J connectivity index is 1.53. The highest BCUT2D eigenvalue weighted by molar-refractivity contribution is 7.09. The van der Waals surface area contributed by atoms with Gasteiger partial charge in [0.25, 0.3) is 0 Å². The topological polar surface area (TPSA) is 15.3 Å². The van der Waals surface area contributed by atoms with Crippen LogP contribution < -0.4 is 5.32 Å². The molecule has 0 bridgehead atoms. The lowest BCUT2D eigenvalue weighted by atomic mass is 10.0. The van der Waals surface area contributed by atoms with Crippen LogP contribution in [0.15, 0.2) is 17.5 Å². The second-order valence-corrected chi connectivity index (χ2v) is 6.02. The molecular weight excluding hydrogens is 228 g/mol. The Hall–Kier alpha value is -0.380. The van der Waals surface area contributed by atoms with Crippen molar-refractivity contribution in [1.29, 1.82) is 0 Å². The molecule has 1 saturated heterocycles. The number of thiophene rings is 1. The van der Waals surface area contributed by atoms with Crippen molar-refractivity contribution in [3.8, 4) is 0 Å². The van der Waals surface area contributed by atoms with Gasteiger partial charge in [0, 0.05) is 17.5 Å². The molecule has 1 fully saturated rings. The summed E-state index contributed by atoms with van der Waals surface area (Å²) in [5, 5.41) is 5.67. The lowest BCUT2D eigenvalue weighted by Crippen LogP contribution is -2.38. The lowest BCUT2D eigenvalue weighted by Gasteiger charge is -2.33. The Kier molecular flexibility index (Phi) is 5.49. The predicted molar refractivity (Wildman–Crippen MR) is 75.5 cm³/mol. The first kappa shape index (κ1) is 13.1. The summed E-state index contributed by atoms with van der Waals surface area (Å²) in [5.74, 6) is 0. The maximum Gasteiger partial charge on any atom is 0.0299 e. The van der Waals surface area contributed by atoms with Crippen LogP contribution >= 0.6 is 11.3 Å². The molecule has 0 aliphatic carbocycles. The zero-order valence-electron chi connectivity index (χ0n) is 10.8. The summed E-state index contributed by atoms with van der Waals surface area (Å²) in [6.45, 7) is 7.12. The first-order valence-corrected chi connectivity index (χ1v) is 7.71. The summed E-state index contributed by atoms with van der Waals surface area (Å²) in [4.78, 5) is 4.09. The molecule has 2 heterocycles. The molecule has 0 radical (unpaired) electrons. The van der Waals surface area contributed by atoms with Gasteiger partial charge in [0.05, 0.1) is 0 Å². The summed E-state index contributed by atoms with van der Waals surface area (Å²) in [5.41, 5.74) is 0. The van der Waals surface area contributed by atoms with E-state index < -0.39 is 0 Å². The second kappa shape index (κ2) is 7.14. The van der Waals surface area contributed by atoms with Gasteiger partial charge in [-0.15, -0.1) is 11.3 Å². The van der Waals surface area contributed by atoms with E-state index in [0.29, 0.717) is 0 Å². The second-order valence-electron chi connectivity index (χ2n) is 4.99. The Morgan fingerprint density at radius 1 is 1.47 bits per heavy atom. The average molecular weight is 252 g/mol.